The fourth-order valence-corrected chi connectivity index (χ4v) is 6.61. The van der Waals surface area contributed by atoms with Crippen LogP contribution in [0.25, 0.3) is 0 Å². The average molecular weight is 494 g/mol. The summed E-state index contributed by atoms with van der Waals surface area (Å²) >= 11 is 0. The van der Waals surface area contributed by atoms with Crippen LogP contribution in [0, 0.1) is 0 Å². The molecule has 11 heteroatoms. The van der Waals surface area contributed by atoms with Gasteiger partial charge in [-0.1, -0.05) is 0 Å². The first-order chi connectivity index (χ1) is 15.7. The summed E-state index contributed by atoms with van der Waals surface area (Å²) < 4.78 is 58.2. The molecule has 1 amide bonds. The number of anilines is 2. The second-order valence-corrected chi connectivity index (χ2v) is 12.0. The first-order valence-electron chi connectivity index (χ1n) is 10.8. The van der Waals surface area contributed by atoms with Crippen LogP contribution in [-0.2, 0) is 31.2 Å². The zero-order valence-corrected chi connectivity index (χ0v) is 20.0. The number of nitrogens with one attached hydrogen (secondary N) is 1. The molecule has 1 N–H and O–H groups in total. The molecule has 0 aromatic heterocycles. The van der Waals surface area contributed by atoms with Gasteiger partial charge >= 0.3 is 0 Å². The fraction of sp³-hybridized carbons (Fsp3) is 0.409. The van der Waals surface area contributed by atoms with Gasteiger partial charge in [-0.25, -0.2) is 16.8 Å². The van der Waals surface area contributed by atoms with Crippen LogP contribution >= 0.6 is 0 Å². The van der Waals surface area contributed by atoms with Gasteiger partial charge in [0.25, 0.3) is 5.91 Å². The number of benzene rings is 2. The SMILES string of the molecule is CCS(=O)(=O)N1CCCc2cc(NC(=O)c3ccc(S(=O)(=O)N4CCOCC4)cc3)ccc21. The van der Waals surface area contributed by atoms with Crippen LogP contribution in [0.4, 0.5) is 11.4 Å². The predicted molar refractivity (Wildman–Crippen MR) is 126 cm³/mol. The van der Waals surface area contributed by atoms with E-state index >= 15 is 0 Å². The molecule has 0 spiro atoms. The van der Waals surface area contributed by atoms with Crippen LogP contribution in [0.2, 0.25) is 0 Å². The summed E-state index contributed by atoms with van der Waals surface area (Å²) in [5, 5.41) is 2.81. The van der Waals surface area contributed by atoms with Crippen LogP contribution in [0.1, 0.15) is 29.3 Å². The molecule has 2 aromatic carbocycles. The molecule has 1 fully saturated rings. The summed E-state index contributed by atoms with van der Waals surface area (Å²) in [6.07, 6.45) is 1.44. The average Bonchev–Trinajstić information content (AvgIpc) is 2.84. The minimum Gasteiger partial charge on any atom is -0.379 e. The zero-order chi connectivity index (χ0) is 23.6. The van der Waals surface area contributed by atoms with Gasteiger partial charge in [0.15, 0.2) is 0 Å². The Labute approximate surface area is 194 Å². The van der Waals surface area contributed by atoms with Crippen molar-refractivity contribution in [1.29, 1.82) is 0 Å². The van der Waals surface area contributed by atoms with E-state index in [9.17, 15) is 21.6 Å². The normalized spacial score (nSPS) is 17.4. The number of carbonyl (C=O) groups is 1. The lowest BCUT2D eigenvalue weighted by atomic mass is 10.0. The molecule has 0 atom stereocenters. The van der Waals surface area contributed by atoms with Gasteiger partial charge in [-0.2, -0.15) is 4.31 Å². The highest BCUT2D eigenvalue weighted by molar-refractivity contribution is 7.92. The first-order valence-corrected chi connectivity index (χ1v) is 13.9. The first kappa shape index (κ1) is 23.7. The van der Waals surface area contributed by atoms with Crippen molar-refractivity contribution in [3.63, 3.8) is 0 Å². The Morgan fingerprint density at radius 1 is 1.00 bits per heavy atom. The molecule has 1 saturated heterocycles. The van der Waals surface area contributed by atoms with Crippen molar-refractivity contribution < 1.29 is 26.4 Å². The lowest BCUT2D eigenvalue weighted by Gasteiger charge is -2.30. The van der Waals surface area contributed by atoms with Crippen molar-refractivity contribution in [3.05, 3.63) is 53.6 Å². The van der Waals surface area contributed by atoms with Gasteiger partial charge in [0.05, 0.1) is 29.5 Å². The summed E-state index contributed by atoms with van der Waals surface area (Å²) in [6.45, 7) is 3.41. The van der Waals surface area contributed by atoms with E-state index in [-0.39, 0.29) is 16.6 Å². The molecule has 2 heterocycles. The molecule has 0 radical (unpaired) electrons. The van der Waals surface area contributed by atoms with Crippen molar-refractivity contribution in [1.82, 2.24) is 4.31 Å². The summed E-state index contributed by atoms with van der Waals surface area (Å²) in [5.41, 5.74) is 2.39. The number of sulfonamides is 2. The number of ether oxygens (including phenoxy) is 1. The Kier molecular flexibility index (Phi) is 6.76. The number of morpholine rings is 1. The third-order valence-electron chi connectivity index (χ3n) is 5.84. The van der Waals surface area contributed by atoms with Crippen molar-refractivity contribution in [2.45, 2.75) is 24.7 Å². The van der Waals surface area contributed by atoms with Gasteiger partial charge in [0, 0.05) is 30.9 Å². The van der Waals surface area contributed by atoms with Gasteiger partial charge in [0.1, 0.15) is 0 Å². The third kappa shape index (κ3) is 4.91. The summed E-state index contributed by atoms with van der Waals surface area (Å²) in [5.74, 6) is -0.346. The van der Waals surface area contributed by atoms with Crippen LogP contribution < -0.4 is 9.62 Å². The number of fused-ring (bicyclic) bond motifs is 1. The van der Waals surface area contributed by atoms with E-state index in [1.807, 2.05) is 0 Å². The molecule has 9 nitrogen and oxygen atoms in total. The number of hydrogen-bond donors (Lipinski definition) is 1. The molecule has 33 heavy (non-hydrogen) atoms. The molecular weight excluding hydrogens is 466 g/mol. The quantitative estimate of drug-likeness (QED) is 0.659. The van der Waals surface area contributed by atoms with Gasteiger partial charge < -0.3 is 10.1 Å². The number of nitrogens with zero attached hydrogens (tertiary/aromatic N) is 2. The second-order valence-electron chi connectivity index (χ2n) is 7.91. The van der Waals surface area contributed by atoms with Crippen molar-refractivity contribution in [2.24, 2.45) is 0 Å². The Bertz CT molecular complexity index is 1240. The largest absolute Gasteiger partial charge is 0.379 e. The second kappa shape index (κ2) is 9.41. The maximum absolute atomic E-state index is 12.7. The maximum atomic E-state index is 12.7. The Hall–Kier alpha value is -2.47. The number of amides is 1. The minimum absolute atomic E-state index is 0.0299. The molecule has 2 aliphatic rings. The van der Waals surface area contributed by atoms with Crippen LogP contribution in [-0.4, -0.2) is 65.6 Å². The number of aryl methyl sites for hydroxylation is 1. The highest BCUT2D eigenvalue weighted by Crippen LogP contribution is 2.32. The Morgan fingerprint density at radius 2 is 1.70 bits per heavy atom. The smallest absolute Gasteiger partial charge is 0.255 e. The van der Waals surface area contributed by atoms with E-state index in [1.165, 1.54) is 32.9 Å². The molecule has 0 unspecified atom stereocenters. The van der Waals surface area contributed by atoms with Gasteiger partial charge in [-0.05, 0) is 67.8 Å². The van der Waals surface area contributed by atoms with E-state index in [0.717, 1.165) is 12.0 Å². The summed E-state index contributed by atoms with van der Waals surface area (Å²) in [7, 11) is -6.98. The van der Waals surface area contributed by atoms with Crippen molar-refractivity contribution in [3.8, 4) is 0 Å². The highest BCUT2D eigenvalue weighted by atomic mass is 32.2. The number of hydrogen-bond acceptors (Lipinski definition) is 6. The molecule has 0 saturated carbocycles. The molecule has 4 rings (SSSR count). The van der Waals surface area contributed by atoms with E-state index < -0.39 is 20.0 Å². The molecular formula is C22H27N3O6S2. The van der Waals surface area contributed by atoms with E-state index in [1.54, 1.807) is 25.1 Å². The predicted octanol–water partition coefficient (Wildman–Crippen LogP) is 2.06. The topological polar surface area (TPSA) is 113 Å². The van der Waals surface area contributed by atoms with E-state index in [2.05, 4.69) is 5.32 Å². The van der Waals surface area contributed by atoms with Gasteiger partial charge in [0.2, 0.25) is 20.0 Å². The number of rotatable bonds is 6. The minimum atomic E-state index is -3.63. The van der Waals surface area contributed by atoms with E-state index in [4.69, 9.17) is 4.74 Å². The standard InChI is InChI=1S/C22H27N3O6S2/c1-2-32(27,28)25-11-3-4-18-16-19(7-10-21(18)25)23-22(26)17-5-8-20(9-6-17)33(29,30)24-12-14-31-15-13-24/h5-10,16H,2-4,11-15H2,1H3,(H,23,26). The number of carbonyl (C=O) groups excluding carboxylic acids is 1. The Balaban J connectivity index is 1.49. The van der Waals surface area contributed by atoms with Crippen LogP contribution in [0.3, 0.4) is 0 Å². The monoisotopic (exact) mass is 493 g/mol. The molecule has 178 valence electrons. The lowest BCUT2D eigenvalue weighted by molar-refractivity contribution is 0.0730. The molecule has 0 bridgehead atoms. The molecule has 0 aliphatic carbocycles. The van der Waals surface area contributed by atoms with Crippen molar-refractivity contribution in [2.75, 3.05) is 48.2 Å². The van der Waals surface area contributed by atoms with Crippen molar-refractivity contribution >= 4 is 37.3 Å². The summed E-state index contributed by atoms with van der Waals surface area (Å²) in [4.78, 5) is 12.9. The summed E-state index contributed by atoms with van der Waals surface area (Å²) in [6, 6.07) is 11.0. The maximum Gasteiger partial charge on any atom is 0.255 e. The van der Waals surface area contributed by atoms with Gasteiger partial charge in [-0.3, -0.25) is 9.10 Å². The van der Waals surface area contributed by atoms with E-state index in [0.29, 0.717) is 56.2 Å². The highest BCUT2D eigenvalue weighted by Gasteiger charge is 2.27. The van der Waals surface area contributed by atoms with Gasteiger partial charge in [-0.15, -0.1) is 0 Å². The zero-order valence-electron chi connectivity index (χ0n) is 18.4. The van der Waals surface area contributed by atoms with Crippen LogP contribution in [0.5, 0.6) is 0 Å². The lowest BCUT2D eigenvalue weighted by Crippen LogP contribution is -2.40. The molecule has 2 aliphatic heterocycles. The fourth-order valence-electron chi connectivity index (χ4n) is 4.00. The Morgan fingerprint density at radius 3 is 2.36 bits per heavy atom. The van der Waals surface area contributed by atoms with Crippen LogP contribution in [0.15, 0.2) is 47.4 Å². The molecule has 2 aromatic rings. The third-order valence-corrected chi connectivity index (χ3v) is 9.53.